The maximum absolute atomic E-state index is 12.6. The Labute approximate surface area is 139 Å². The van der Waals surface area contributed by atoms with E-state index in [4.69, 9.17) is 0 Å². The molecule has 0 radical (unpaired) electrons. The van der Waals surface area contributed by atoms with Crippen molar-refractivity contribution in [2.45, 2.75) is 46.6 Å². The number of nitrogens with one attached hydrogen (secondary N) is 1. The molecule has 2 atom stereocenters. The molecule has 23 heavy (non-hydrogen) atoms. The summed E-state index contributed by atoms with van der Waals surface area (Å²) in [6, 6.07) is 8.09. The predicted molar refractivity (Wildman–Crippen MR) is 91.9 cm³/mol. The summed E-state index contributed by atoms with van der Waals surface area (Å²) in [5, 5.41) is 3.12. The van der Waals surface area contributed by atoms with E-state index >= 15 is 0 Å². The highest BCUT2D eigenvalue weighted by atomic mass is 16.2. The van der Waals surface area contributed by atoms with Crippen LogP contribution in [-0.4, -0.2) is 29.8 Å². The molecule has 1 aromatic rings. The lowest BCUT2D eigenvalue weighted by Crippen LogP contribution is -2.47. The summed E-state index contributed by atoms with van der Waals surface area (Å²) in [6.45, 7) is 9.21. The lowest BCUT2D eigenvalue weighted by molar-refractivity contribution is -0.138. The van der Waals surface area contributed by atoms with Gasteiger partial charge in [-0.25, -0.2) is 0 Å². The molecule has 0 unspecified atom stereocenters. The molecule has 1 aliphatic rings. The average Bonchev–Trinajstić information content (AvgIpc) is 2.54. The van der Waals surface area contributed by atoms with Crippen molar-refractivity contribution in [3.8, 4) is 0 Å². The molecule has 0 bridgehead atoms. The Kier molecular flexibility index (Phi) is 5.80. The minimum absolute atomic E-state index is 0.0114. The summed E-state index contributed by atoms with van der Waals surface area (Å²) >= 11 is 0. The molecule has 1 fully saturated rings. The Morgan fingerprint density at radius 1 is 1.22 bits per heavy atom. The van der Waals surface area contributed by atoms with Crippen LogP contribution in [0.1, 0.15) is 50.8 Å². The smallest absolute Gasteiger partial charge is 0.225 e. The van der Waals surface area contributed by atoms with Gasteiger partial charge in [0.1, 0.15) is 0 Å². The van der Waals surface area contributed by atoms with Gasteiger partial charge < -0.3 is 10.2 Å². The number of hydrogen-bond donors (Lipinski definition) is 1. The van der Waals surface area contributed by atoms with Crippen LogP contribution in [0.3, 0.4) is 0 Å². The highest BCUT2D eigenvalue weighted by Crippen LogP contribution is 2.21. The zero-order valence-electron chi connectivity index (χ0n) is 14.6. The van der Waals surface area contributed by atoms with Gasteiger partial charge in [0.15, 0.2) is 0 Å². The fourth-order valence-corrected chi connectivity index (χ4v) is 3.24. The van der Waals surface area contributed by atoms with E-state index < -0.39 is 0 Å². The van der Waals surface area contributed by atoms with E-state index in [2.05, 4.69) is 24.4 Å². The summed E-state index contributed by atoms with van der Waals surface area (Å²) in [5.74, 6) is 0.0945. The largest absolute Gasteiger partial charge is 0.349 e. The third-order valence-electron chi connectivity index (χ3n) is 4.61. The minimum atomic E-state index is -0.0991. The van der Waals surface area contributed by atoms with Crippen LogP contribution in [0, 0.1) is 18.8 Å². The predicted octanol–water partition coefficient (Wildman–Crippen LogP) is 3.07. The summed E-state index contributed by atoms with van der Waals surface area (Å²) < 4.78 is 0. The molecule has 0 aliphatic carbocycles. The van der Waals surface area contributed by atoms with Crippen LogP contribution in [0.25, 0.3) is 0 Å². The van der Waals surface area contributed by atoms with E-state index in [9.17, 15) is 9.59 Å². The molecule has 1 aliphatic heterocycles. The first kappa shape index (κ1) is 17.5. The van der Waals surface area contributed by atoms with Gasteiger partial charge in [-0.3, -0.25) is 9.59 Å². The Morgan fingerprint density at radius 3 is 2.57 bits per heavy atom. The topological polar surface area (TPSA) is 49.4 Å². The van der Waals surface area contributed by atoms with E-state index in [-0.39, 0.29) is 29.7 Å². The number of amides is 2. The van der Waals surface area contributed by atoms with Crippen LogP contribution in [0.15, 0.2) is 24.3 Å². The summed E-state index contributed by atoms with van der Waals surface area (Å²) in [4.78, 5) is 26.6. The Morgan fingerprint density at radius 2 is 1.91 bits per heavy atom. The summed E-state index contributed by atoms with van der Waals surface area (Å²) in [6.07, 6.45) is 1.75. The van der Waals surface area contributed by atoms with Gasteiger partial charge in [-0.05, 0) is 37.8 Å². The Bertz CT molecular complexity index is 568. The molecule has 0 saturated carbocycles. The first-order chi connectivity index (χ1) is 10.9. The van der Waals surface area contributed by atoms with Gasteiger partial charge in [0.2, 0.25) is 11.8 Å². The zero-order valence-corrected chi connectivity index (χ0v) is 14.6. The standard InChI is InChI=1S/C19H28N2O2/c1-13(2)19(23)21-11-7-9-16(12-21)18(22)20-15(4)17-10-6-5-8-14(17)3/h5-6,8,10,13,15-16H,7,9,11-12H2,1-4H3,(H,20,22)/t15-,16-/m1/s1. The Balaban J connectivity index is 1.97. The van der Waals surface area contributed by atoms with E-state index in [1.54, 1.807) is 0 Å². The van der Waals surface area contributed by atoms with Gasteiger partial charge in [0, 0.05) is 19.0 Å². The highest BCUT2D eigenvalue weighted by Gasteiger charge is 2.30. The molecular formula is C19H28N2O2. The third-order valence-corrected chi connectivity index (χ3v) is 4.61. The number of hydrogen-bond acceptors (Lipinski definition) is 2. The molecule has 126 valence electrons. The molecule has 2 amide bonds. The van der Waals surface area contributed by atoms with Crippen molar-refractivity contribution in [3.05, 3.63) is 35.4 Å². The van der Waals surface area contributed by atoms with E-state index in [1.165, 1.54) is 5.56 Å². The fourth-order valence-electron chi connectivity index (χ4n) is 3.24. The van der Waals surface area contributed by atoms with Gasteiger partial charge in [0.25, 0.3) is 0 Å². The average molecular weight is 316 g/mol. The van der Waals surface area contributed by atoms with Gasteiger partial charge in [-0.1, -0.05) is 38.1 Å². The number of likely N-dealkylation sites (tertiary alicyclic amines) is 1. The van der Waals surface area contributed by atoms with Gasteiger partial charge >= 0.3 is 0 Å². The lowest BCUT2D eigenvalue weighted by atomic mass is 9.95. The number of piperidine rings is 1. The lowest BCUT2D eigenvalue weighted by Gasteiger charge is -2.33. The first-order valence-corrected chi connectivity index (χ1v) is 8.54. The second kappa shape index (κ2) is 7.62. The summed E-state index contributed by atoms with van der Waals surface area (Å²) in [5.41, 5.74) is 2.33. The molecule has 4 heteroatoms. The molecule has 2 rings (SSSR count). The molecule has 0 spiro atoms. The quantitative estimate of drug-likeness (QED) is 0.928. The van der Waals surface area contributed by atoms with Crippen molar-refractivity contribution in [2.75, 3.05) is 13.1 Å². The van der Waals surface area contributed by atoms with Gasteiger partial charge in [-0.2, -0.15) is 0 Å². The van der Waals surface area contributed by atoms with E-state index in [0.29, 0.717) is 6.54 Å². The van der Waals surface area contributed by atoms with E-state index in [0.717, 1.165) is 24.9 Å². The van der Waals surface area contributed by atoms with Crippen LogP contribution >= 0.6 is 0 Å². The van der Waals surface area contributed by atoms with Crippen LogP contribution in [0.2, 0.25) is 0 Å². The number of carbonyl (C=O) groups is 2. The van der Waals surface area contributed by atoms with Crippen molar-refractivity contribution in [1.29, 1.82) is 0 Å². The SMILES string of the molecule is Cc1ccccc1[C@@H](C)NC(=O)[C@@H]1CCCN(C(=O)C(C)C)C1. The van der Waals surface area contributed by atoms with Crippen LogP contribution in [-0.2, 0) is 9.59 Å². The van der Waals surface area contributed by atoms with Crippen molar-refractivity contribution in [1.82, 2.24) is 10.2 Å². The number of aryl methyl sites for hydroxylation is 1. The molecular weight excluding hydrogens is 288 g/mol. The molecule has 1 N–H and O–H groups in total. The third kappa shape index (κ3) is 4.34. The minimum Gasteiger partial charge on any atom is -0.349 e. The van der Waals surface area contributed by atoms with E-state index in [1.807, 2.05) is 37.8 Å². The number of rotatable bonds is 4. The molecule has 1 aromatic carbocycles. The van der Waals surface area contributed by atoms with Crippen molar-refractivity contribution >= 4 is 11.8 Å². The second-order valence-electron chi connectivity index (χ2n) is 6.86. The summed E-state index contributed by atoms with van der Waals surface area (Å²) in [7, 11) is 0. The number of benzene rings is 1. The number of nitrogens with zero attached hydrogens (tertiary/aromatic N) is 1. The zero-order chi connectivity index (χ0) is 17.0. The highest BCUT2D eigenvalue weighted by molar-refractivity contribution is 5.82. The van der Waals surface area contributed by atoms with Crippen LogP contribution in [0.4, 0.5) is 0 Å². The molecule has 4 nitrogen and oxygen atoms in total. The molecule has 1 heterocycles. The first-order valence-electron chi connectivity index (χ1n) is 8.54. The van der Waals surface area contributed by atoms with Crippen molar-refractivity contribution in [3.63, 3.8) is 0 Å². The fraction of sp³-hybridized carbons (Fsp3) is 0.579. The maximum atomic E-state index is 12.6. The number of carbonyl (C=O) groups excluding carboxylic acids is 2. The Hall–Kier alpha value is -1.84. The van der Waals surface area contributed by atoms with Crippen molar-refractivity contribution in [2.24, 2.45) is 11.8 Å². The van der Waals surface area contributed by atoms with Crippen LogP contribution < -0.4 is 5.32 Å². The second-order valence-corrected chi connectivity index (χ2v) is 6.86. The normalized spacial score (nSPS) is 19.5. The van der Waals surface area contributed by atoms with Crippen LogP contribution in [0.5, 0.6) is 0 Å². The molecule has 1 saturated heterocycles. The molecule has 0 aromatic heterocycles. The van der Waals surface area contributed by atoms with Crippen molar-refractivity contribution < 1.29 is 9.59 Å². The van der Waals surface area contributed by atoms with Gasteiger partial charge in [0.05, 0.1) is 12.0 Å². The van der Waals surface area contributed by atoms with Gasteiger partial charge in [-0.15, -0.1) is 0 Å². The monoisotopic (exact) mass is 316 g/mol. The maximum Gasteiger partial charge on any atom is 0.225 e.